The number of carbonyl (C=O) groups excluding carboxylic acids is 1. The second kappa shape index (κ2) is 7.61. The zero-order valence-corrected chi connectivity index (χ0v) is 15.9. The SMILES string of the molecule is Cc1cc(C)cc(OCC(=O)N=Nc2c(O)n(C(C)C)c3ccccc23)c1. The van der Waals surface area contributed by atoms with E-state index in [1.54, 1.807) is 4.57 Å². The topological polar surface area (TPSA) is 76.2 Å². The van der Waals surface area contributed by atoms with Gasteiger partial charge in [0.25, 0.3) is 0 Å². The number of nitrogens with zero attached hydrogens (tertiary/aromatic N) is 3. The molecule has 140 valence electrons. The van der Waals surface area contributed by atoms with Gasteiger partial charge in [0, 0.05) is 11.4 Å². The van der Waals surface area contributed by atoms with Gasteiger partial charge in [-0.1, -0.05) is 24.3 Å². The maximum Gasteiger partial charge on any atom is 0.302 e. The molecule has 27 heavy (non-hydrogen) atoms. The van der Waals surface area contributed by atoms with E-state index in [1.165, 1.54) is 0 Å². The van der Waals surface area contributed by atoms with E-state index in [0.717, 1.165) is 22.0 Å². The quantitative estimate of drug-likeness (QED) is 0.629. The molecule has 3 rings (SSSR count). The minimum Gasteiger partial charge on any atom is -0.493 e. The summed E-state index contributed by atoms with van der Waals surface area (Å²) in [6, 6.07) is 13.3. The van der Waals surface area contributed by atoms with Crippen LogP contribution in [-0.2, 0) is 4.79 Å². The molecule has 6 heteroatoms. The lowest BCUT2D eigenvalue weighted by atomic mass is 10.1. The standard InChI is InChI=1S/C21H23N3O3/c1-13(2)24-18-8-6-5-7-17(18)20(21(24)26)23-22-19(25)12-27-16-10-14(3)9-15(4)11-16/h5-11,13,26H,12H2,1-4H3. The first-order valence-corrected chi connectivity index (χ1v) is 8.84. The van der Waals surface area contributed by atoms with E-state index in [2.05, 4.69) is 10.2 Å². The van der Waals surface area contributed by atoms with E-state index in [1.807, 2.05) is 70.2 Å². The van der Waals surface area contributed by atoms with Crippen molar-refractivity contribution in [1.29, 1.82) is 0 Å². The van der Waals surface area contributed by atoms with Crippen molar-refractivity contribution in [3.63, 3.8) is 0 Å². The summed E-state index contributed by atoms with van der Waals surface area (Å²) in [7, 11) is 0. The highest BCUT2D eigenvalue weighted by molar-refractivity contribution is 5.95. The third-order valence-electron chi connectivity index (χ3n) is 4.19. The van der Waals surface area contributed by atoms with Gasteiger partial charge in [-0.05, 0) is 57.0 Å². The zero-order valence-electron chi connectivity index (χ0n) is 15.9. The van der Waals surface area contributed by atoms with Crippen LogP contribution in [0.15, 0.2) is 52.7 Å². The van der Waals surface area contributed by atoms with Crippen molar-refractivity contribution in [3.05, 3.63) is 53.6 Å². The van der Waals surface area contributed by atoms with Crippen LogP contribution >= 0.6 is 0 Å². The number of azo groups is 1. The van der Waals surface area contributed by atoms with Crippen LogP contribution in [0.4, 0.5) is 5.69 Å². The summed E-state index contributed by atoms with van der Waals surface area (Å²) in [5.41, 5.74) is 3.26. The lowest BCUT2D eigenvalue weighted by Gasteiger charge is -2.10. The van der Waals surface area contributed by atoms with Gasteiger partial charge < -0.3 is 14.4 Å². The van der Waals surface area contributed by atoms with E-state index in [9.17, 15) is 9.90 Å². The van der Waals surface area contributed by atoms with Gasteiger partial charge in [-0.25, -0.2) is 0 Å². The van der Waals surface area contributed by atoms with Crippen molar-refractivity contribution < 1.29 is 14.6 Å². The van der Waals surface area contributed by atoms with Crippen molar-refractivity contribution in [2.45, 2.75) is 33.7 Å². The fourth-order valence-corrected chi connectivity index (χ4v) is 3.15. The Morgan fingerprint density at radius 3 is 2.48 bits per heavy atom. The minimum absolute atomic E-state index is 0.00187. The zero-order chi connectivity index (χ0) is 19.6. The molecule has 1 N–H and O–H groups in total. The fraction of sp³-hybridized carbons (Fsp3) is 0.286. The number of amides is 1. The Morgan fingerprint density at radius 1 is 1.15 bits per heavy atom. The Morgan fingerprint density at radius 2 is 1.81 bits per heavy atom. The van der Waals surface area contributed by atoms with Crippen LogP contribution in [0.1, 0.15) is 31.0 Å². The van der Waals surface area contributed by atoms with E-state index in [4.69, 9.17) is 4.74 Å². The number of para-hydroxylation sites is 1. The number of rotatable bonds is 5. The molecule has 0 spiro atoms. The third-order valence-corrected chi connectivity index (χ3v) is 4.19. The van der Waals surface area contributed by atoms with Gasteiger partial charge in [-0.2, -0.15) is 0 Å². The summed E-state index contributed by atoms with van der Waals surface area (Å²) in [6.45, 7) is 7.66. The molecule has 1 aromatic heterocycles. The number of fused-ring (bicyclic) bond motifs is 1. The smallest absolute Gasteiger partial charge is 0.302 e. The average molecular weight is 365 g/mol. The number of ether oxygens (including phenoxy) is 1. The Kier molecular flexibility index (Phi) is 5.26. The molecule has 0 aliphatic heterocycles. The number of hydrogen-bond donors (Lipinski definition) is 1. The third kappa shape index (κ3) is 4.00. The molecular formula is C21H23N3O3. The van der Waals surface area contributed by atoms with Crippen molar-refractivity contribution in [2.24, 2.45) is 10.2 Å². The number of aryl methyl sites for hydroxylation is 2. The summed E-state index contributed by atoms with van der Waals surface area (Å²) in [4.78, 5) is 12.1. The molecule has 0 aliphatic rings. The molecule has 6 nitrogen and oxygen atoms in total. The molecule has 0 fully saturated rings. The summed E-state index contributed by atoms with van der Waals surface area (Å²) in [5.74, 6) is 0.100. The van der Waals surface area contributed by atoms with Gasteiger partial charge in [0.15, 0.2) is 12.3 Å². The Hall–Kier alpha value is -3.15. The van der Waals surface area contributed by atoms with Crippen molar-refractivity contribution >= 4 is 22.5 Å². The van der Waals surface area contributed by atoms with Gasteiger partial charge in [0.1, 0.15) is 5.75 Å². The van der Waals surface area contributed by atoms with Crippen LogP contribution in [-0.4, -0.2) is 22.2 Å². The molecule has 0 bridgehead atoms. The molecule has 0 aliphatic carbocycles. The lowest BCUT2D eigenvalue weighted by Crippen LogP contribution is -2.08. The number of aromatic hydroxyl groups is 1. The minimum atomic E-state index is -0.519. The van der Waals surface area contributed by atoms with E-state index >= 15 is 0 Å². The van der Waals surface area contributed by atoms with Gasteiger partial charge >= 0.3 is 5.91 Å². The van der Waals surface area contributed by atoms with Crippen molar-refractivity contribution in [2.75, 3.05) is 6.61 Å². The van der Waals surface area contributed by atoms with Crippen LogP contribution in [0.25, 0.3) is 10.9 Å². The highest BCUT2D eigenvalue weighted by Crippen LogP contribution is 2.40. The summed E-state index contributed by atoms with van der Waals surface area (Å²) >= 11 is 0. The van der Waals surface area contributed by atoms with E-state index < -0.39 is 5.91 Å². The van der Waals surface area contributed by atoms with E-state index in [0.29, 0.717) is 11.4 Å². The second-order valence-corrected chi connectivity index (χ2v) is 6.86. The Balaban J connectivity index is 1.79. The number of benzene rings is 2. The molecule has 3 aromatic rings. The van der Waals surface area contributed by atoms with Gasteiger partial charge in [-0.15, -0.1) is 10.2 Å². The Labute approximate surface area is 158 Å². The second-order valence-electron chi connectivity index (χ2n) is 6.86. The van der Waals surface area contributed by atoms with Crippen LogP contribution in [0.3, 0.4) is 0 Å². The Bertz CT molecular complexity index is 999. The average Bonchev–Trinajstić information content (AvgIpc) is 2.89. The molecular weight excluding hydrogens is 342 g/mol. The highest BCUT2D eigenvalue weighted by atomic mass is 16.5. The van der Waals surface area contributed by atoms with Crippen molar-refractivity contribution in [1.82, 2.24) is 4.57 Å². The fourth-order valence-electron chi connectivity index (χ4n) is 3.15. The van der Waals surface area contributed by atoms with Crippen LogP contribution < -0.4 is 4.74 Å². The molecule has 0 radical (unpaired) electrons. The van der Waals surface area contributed by atoms with Crippen molar-refractivity contribution in [3.8, 4) is 11.6 Å². The van der Waals surface area contributed by atoms with Gasteiger partial charge in [0.2, 0.25) is 5.88 Å². The predicted molar refractivity (Wildman–Crippen MR) is 105 cm³/mol. The monoisotopic (exact) mass is 365 g/mol. The largest absolute Gasteiger partial charge is 0.493 e. The molecule has 0 saturated carbocycles. The van der Waals surface area contributed by atoms with Crippen LogP contribution in [0.2, 0.25) is 0 Å². The lowest BCUT2D eigenvalue weighted by molar-refractivity contribution is -0.120. The van der Waals surface area contributed by atoms with Gasteiger partial charge in [-0.3, -0.25) is 4.79 Å². The normalized spacial score (nSPS) is 11.6. The molecule has 2 aromatic carbocycles. The molecule has 1 amide bonds. The predicted octanol–water partition coefficient (Wildman–Crippen LogP) is 5.23. The number of carbonyl (C=O) groups is 1. The first kappa shape index (κ1) is 18.6. The summed E-state index contributed by atoms with van der Waals surface area (Å²) < 4.78 is 7.27. The molecule has 0 atom stereocenters. The van der Waals surface area contributed by atoms with E-state index in [-0.39, 0.29) is 18.5 Å². The number of hydrogen-bond acceptors (Lipinski definition) is 4. The van der Waals surface area contributed by atoms with Crippen LogP contribution in [0.5, 0.6) is 11.6 Å². The molecule has 1 heterocycles. The van der Waals surface area contributed by atoms with Crippen LogP contribution in [0, 0.1) is 13.8 Å². The number of aromatic nitrogens is 1. The first-order valence-electron chi connectivity index (χ1n) is 8.84. The maximum absolute atomic E-state index is 12.1. The molecule has 0 saturated heterocycles. The maximum atomic E-state index is 12.1. The summed E-state index contributed by atoms with van der Waals surface area (Å²) in [6.07, 6.45) is 0. The first-order chi connectivity index (χ1) is 12.9. The molecule has 0 unspecified atom stereocenters. The summed E-state index contributed by atoms with van der Waals surface area (Å²) in [5, 5.41) is 19.0. The van der Waals surface area contributed by atoms with Gasteiger partial charge in [0.05, 0.1) is 5.52 Å². The highest BCUT2D eigenvalue weighted by Gasteiger charge is 2.18.